The van der Waals surface area contributed by atoms with Crippen molar-refractivity contribution in [1.29, 1.82) is 0 Å². The van der Waals surface area contributed by atoms with Crippen molar-refractivity contribution >= 4 is 17.7 Å². The quantitative estimate of drug-likeness (QED) is 0.720. The van der Waals surface area contributed by atoms with Gasteiger partial charge in [0.2, 0.25) is 0 Å². The Hall–Kier alpha value is -0.220. The van der Waals surface area contributed by atoms with Crippen LogP contribution in [0, 0.1) is 5.92 Å². The summed E-state index contributed by atoms with van der Waals surface area (Å²) < 4.78 is 0. The number of carboxylic acid groups (broad SMARTS) is 1. The predicted molar refractivity (Wildman–Crippen MR) is 53.0 cm³/mol. The monoisotopic (exact) mass is 201 g/mol. The normalized spacial score (nSPS) is 31.2. The van der Waals surface area contributed by atoms with Crippen LogP contribution in [0.15, 0.2) is 0 Å². The SMILES string of the molecule is O=C(O)C1CCCN(C2CSC2)C1. The van der Waals surface area contributed by atoms with E-state index in [1.807, 2.05) is 11.8 Å². The van der Waals surface area contributed by atoms with Gasteiger partial charge in [-0.25, -0.2) is 0 Å². The minimum Gasteiger partial charge on any atom is -0.481 e. The molecular weight excluding hydrogens is 186 g/mol. The lowest BCUT2D eigenvalue weighted by Crippen LogP contribution is -2.50. The third kappa shape index (κ3) is 1.99. The second kappa shape index (κ2) is 3.88. The molecule has 3 nitrogen and oxygen atoms in total. The minimum absolute atomic E-state index is 0.112. The van der Waals surface area contributed by atoms with Crippen molar-refractivity contribution in [1.82, 2.24) is 4.90 Å². The summed E-state index contributed by atoms with van der Waals surface area (Å²) in [7, 11) is 0. The van der Waals surface area contributed by atoms with E-state index < -0.39 is 5.97 Å². The van der Waals surface area contributed by atoms with Gasteiger partial charge in [-0.05, 0) is 19.4 Å². The highest BCUT2D eigenvalue weighted by molar-refractivity contribution is 8.00. The maximum atomic E-state index is 10.8. The average Bonchev–Trinajstić information content (AvgIpc) is 2.01. The number of thioether (sulfide) groups is 1. The van der Waals surface area contributed by atoms with Gasteiger partial charge in [0.25, 0.3) is 0 Å². The molecule has 2 saturated heterocycles. The first-order valence-corrected chi connectivity index (χ1v) is 5.97. The van der Waals surface area contributed by atoms with Gasteiger partial charge in [-0.1, -0.05) is 0 Å². The number of hydrogen-bond acceptors (Lipinski definition) is 3. The molecule has 74 valence electrons. The van der Waals surface area contributed by atoms with Gasteiger partial charge >= 0.3 is 5.97 Å². The summed E-state index contributed by atoms with van der Waals surface area (Å²) in [6.07, 6.45) is 1.92. The summed E-state index contributed by atoms with van der Waals surface area (Å²) in [6.45, 7) is 1.88. The topological polar surface area (TPSA) is 40.5 Å². The van der Waals surface area contributed by atoms with E-state index in [9.17, 15) is 4.79 Å². The third-order valence-corrected chi connectivity index (χ3v) is 4.18. The molecule has 0 aliphatic carbocycles. The van der Waals surface area contributed by atoms with E-state index in [0.29, 0.717) is 6.04 Å². The minimum atomic E-state index is -0.614. The highest BCUT2D eigenvalue weighted by Gasteiger charge is 2.32. The van der Waals surface area contributed by atoms with Crippen molar-refractivity contribution in [3.63, 3.8) is 0 Å². The molecule has 4 heteroatoms. The molecule has 2 heterocycles. The lowest BCUT2D eigenvalue weighted by Gasteiger charge is -2.40. The Kier molecular flexibility index (Phi) is 2.79. The summed E-state index contributed by atoms with van der Waals surface area (Å²) >= 11 is 1.96. The summed E-state index contributed by atoms with van der Waals surface area (Å²) in [5.41, 5.74) is 0. The number of hydrogen-bond donors (Lipinski definition) is 1. The molecule has 1 atom stereocenters. The fourth-order valence-electron chi connectivity index (χ4n) is 1.97. The number of aliphatic carboxylic acids is 1. The molecule has 0 aromatic heterocycles. The van der Waals surface area contributed by atoms with Crippen LogP contribution < -0.4 is 0 Å². The van der Waals surface area contributed by atoms with E-state index in [-0.39, 0.29) is 5.92 Å². The fourth-order valence-corrected chi connectivity index (χ4v) is 2.84. The summed E-state index contributed by atoms with van der Waals surface area (Å²) in [6, 6.07) is 0.673. The van der Waals surface area contributed by atoms with Crippen LogP contribution in [-0.4, -0.2) is 46.6 Å². The molecular formula is C9H15NO2S. The average molecular weight is 201 g/mol. The van der Waals surface area contributed by atoms with Crippen molar-refractivity contribution in [2.24, 2.45) is 5.92 Å². The molecule has 0 bridgehead atoms. The van der Waals surface area contributed by atoms with E-state index in [1.165, 1.54) is 11.5 Å². The summed E-state index contributed by atoms with van der Waals surface area (Å²) in [4.78, 5) is 13.2. The molecule has 0 amide bonds. The zero-order valence-electron chi connectivity index (χ0n) is 7.61. The van der Waals surface area contributed by atoms with E-state index in [1.54, 1.807) is 0 Å². The van der Waals surface area contributed by atoms with Crippen LogP contribution in [0.3, 0.4) is 0 Å². The van der Waals surface area contributed by atoms with E-state index in [2.05, 4.69) is 4.90 Å². The van der Waals surface area contributed by atoms with Crippen molar-refractivity contribution in [2.45, 2.75) is 18.9 Å². The number of carboxylic acids is 1. The van der Waals surface area contributed by atoms with Gasteiger partial charge in [-0.3, -0.25) is 9.69 Å². The number of piperidine rings is 1. The van der Waals surface area contributed by atoms with Gasteiger partial charge < -0.3 is 5.11 Å². The van der Waals surface area contributed by atoms with Crippen molar-refractivity contribution in [3.8, 4) is 0 Å². The first-order valence-electron chi connectivity index (χ1n) is 4.82. The number of carbonyl (C=O) groups is 1. The molecule has 13 heavy (non-hydrogen) atoms. The van der Waals surface area contributed by atoms with Crippen LogP contribution in [0.25, 0.3) is 0 Å². The maximum absolute atomic E-state index is 10.8. The van der Waals surface area contributed by atoms with Crippen LogP contribution >= 0.6 is 11.8 Å². The smallest absolute Gasteiger partial charge is 0.307 e. The molecule has 2 rings (SSSR count). The second-order valence-corrected chi connectivity index (χ2v) is 4.94. The first kappa shape index (κ1) is 9.34. The predicted octanol–water partition coefficient (Wildman–Crippen LogP) is 0.898. The standard InChI is InChI=1S/C9H15NO2S/c11-9(12)7-2-1-3-10(4-7)8-5-13-6-8/h7-8H,1-6H2,(H,11,12). The molecule has 0 aromatic rings. The van der Waals surface area contributed by atoms with Gasteiger partial charge in [0.1, 0.15) is 0 Å². The summed E-state index contributed by atoms with van der Waals surface area (Å²) in [5.74, 6) is 1.68. The molecule has 1 unspecified atom stereocenters. The molecule has 1 N–H and O–H groups in total. The van der Waals surface area contributed by atoms with E-state index >= 15 is 0 Å². The second-order valence-electron chi connectivity index (χ2n) is 3.86. The van der Waals surface area contributed by atoms with Gasteiger partial charge in [-0.15, -0.1) is 0 Å². The zero-order chi connectivity index (χ0) is 9.26. The Morgan fingerprint density at radius 2 is 2.23 bits per heavy atom. The van der Waals surface area contributed by atoms with Gasteiger partial charge in [0.15, 0.2) is 0 Å². The van der Waals surface area contributed by atoms with Crippen molar-refractivity contribution in [3.05, 3.63) is 0 Å². The molecule has 0 radical (unpaired) electrons. The molecule has 2 aliphatic rings. The molecule has 0 spiro atoms. The first-order chi connectivity index (χ1) is 6.27. The van der Waals surface area contributed by atoms with Gasteiger partial charge in [-0.2, -0.15) is 11.8 Å². The maximum Gasteiger partial charge on any atom is 0.307 e. The highest BCUT2D eigenvalue weighted by atomic mass is 32.2. The Morgan fingerprint density at radius 1 is 1.46 bits per heavy atom. The molecule has 0 saturated carbocycles. The van der Waals surface area contributed by atoms with Crippen LogP contribution in [-0.2, 0) is 4.79 Å². The Morgan fingerprint density at radius 3 is 2.77 bits per heavy atom. The lowest BCUT2D eigenvalue weighted by atomic mass is 9.97. The van der Waals surface area contributed by atoms with Crippen LogP contribution in [0.4, 0.5) is 0 Å². The van der Waals surface area contributed by atoms with Crippen LogP contribution in [0.2, 0.25) is 0 Å². The van der Waals surface area contributed by atoms with Crippen molar-refractivity contribution in [2.75, 3.05) is 24.6 Å². The number of nitrogens with zero attached hydrogens (tertiary/aromatic N) is 1. The molecule has 0 aromatic carbocycles. The fraction of sp³-hybridized carbons (Fsp3) is 0.889. The van der Waals surface area contributed by atoms with Crippen LogP contribution in [0.1, 0.15) is 12.8 Å². The Balaban J connectivity index is 1.87. The largest absolute Gasteiger partial charge is 0.481 e. The highest BCUT2D eigenvalue weighted by Crippen LogP contribution is 2.27. The van der Waals surface area contributed by atoms with Gasteiger partial charge in [0.05, 0.1) is 5.92 Å². The van der Waals surface area contributed by atoms with Gasteiger partial charge in [0, 0.05) is 24.1 Å². The van der Waals surface area contributed by atoms with E-state index in [4.69, 9.17) is 5.11 Å². The summed E-state index contributed by atoms with van der Waals surface area (Å²) in [5, 5.41) is 8.90. The number of likely N-dealkylation sites (tertiary alicyclic amines) is 1. The molecule has 2 aliphatic heterocycles. The number of rotatable bonds is 2. The zero-order valence-corrected chi connectivity index (χ0v) is 8.42. The third-order valence-electron chi connectivity index (χ3n) is 2.94. The molecule has 2 fully saturated rings. The van der Waals surface area contributed by atoms with E-state index in [0.717, 1.165) is 25.9 Å². The van der Waals surface area contributed by atoms with Crippen molar-refractivity contribution < 1.29 is 9.90 Å². The van der Waals surface area contributed by atoms with Crippen LogP contribution in [0.5, 0.6) is 0 Å². The Bertz CT molecular complexity index is 206. The lowest BCUT2D eigenvalue weighted by molar-refractivity contribution is -0.143. The Labute approximate surface area is 82.5 Å².